The SMILES string of the molecule is CCOC(=O)/C=C/c1ccc(/C(=C(\c2ccccc2S(C)(=O)=O)C2CC2)c2ccc3c(c2)c(F)nn3C2CCCCO2)cc1. The van der Waals surface area contributed by atoms with Gasteiger partial charge in [0.15, 0.2) is 16.1 Å². The summed E-state index contributed by atoms with van der Waals surface area (Å²) < 4.78 is 53.9. The number of hydrogen-bond acceptors (Lipinski definition) is 6. The molecular formula is C35H35FN2O5S. The molecule has 9 heteroatoms. The van der Waals surface area contributed by atoms with E-state index in [4.69, 9.17) is 9.47 Å². The van der Waals surface area contributed by atoms with Gasteiger partial charge in [0.05, 0.1) is 22.4 Å². The number of hydrogen-bond donors (Lipinski definition) is 0. The quantitative estimate of drug-likeness (QED) is 0.112. The van der Waals surface area contributed by atoms with Crippen LogP contribution in [-0.4, -0.2) is 43.6 Å². The highest BCUT2D eigenvalue weighted by molar-refractivity contribution is 7.90. The summed E-state index contributed by atoms with van der Waals surface area (Å²) in [6.07, 6.45) is 8.58. The predicted octanol–water partition coefficient (Wildman–Crippen LogP) is 7.22. The van der Waals surface area contributed by atoms with Crippen molar-refractivity contribution in [3.8, 4) is 0 Å². The van der Waals surface area contributed by atoms with E-state index in [0.29, 0.717) is 29.7 Å². The third-order valence-corrected chi connectivity index (χ3v) is 9.26. The van der Waals surface area contributed by atoms with Crippen LogP contribution < -0.4 is 0 Å². The highest BCUT2D eigenvalue weighted by atomic mass is 32.2. The van der Waals surface area contributed by atoms with Crippen molar-refractivity contribution < 1.29 is 27.1 Å². The van der Waals surface area contributed by atoms with Crippen molar-refractivity contribution in [1.82, 2.24) is 9.78 Å². The van der Waals surface area contributed by atoms with E-state index in [-0.39, 0.29) is 17.0 Å². The number of rotatable bonds is 9. The van der Waals surface area contributed by atoms with E-state index in [0.717, 1.165) is 59.9 Å². The molecule has 1 aliphatic carbocycles. The number of ether oxygens (including phenoxy) is 2. The Labute approximate surface area is 256 Å². The largest absolute Gasteiger partial charge is 0.463 e. The number of benzene rings is 3. The summed E-state index contributed by atoms with van der Waals surface area (Å²) in [6.45, 7) is 2.67. The summed E-state index contributed by atoms with van der Waals surface area (Å²) in [6, 6.07) is 20.4. The minimum absolute atomic E-state index is 0.148. The summed E-state index contributed by atoms with van der Waals surface area (Å²) in [4.78, 5) is 12.1. The van der Waals surface area contributed by atoms with Crippen LogP contribution in [0.5, 0.6) is 0 Å². The molecule has 0 bridgehead atoms. The van der Waals surface area contributed by atoms with Crippen molar-refractivity contribution >= 4 is 43.9 Å². The molecular weight excluding hydrogens is 579 g/mol. The van der Waals surface area contributed by atoms with E-state index in [1.54, 1.807) is 29.8 Å². The number of esters is 1. The molecule has 228 valence electrons. The number of fused-ring (bicyclic) bond motifs is 1. The van der Waals surface area contributed by atoms with Gasteiger partial charge in [-0.2, -0.15) is 4.39 Å². The zero-order chi connectivity index (χ0) is 30.8. The normalized spacial score (nSPS) is 18.0. The van der Waals surface area contributed by atoms with Crippen LogP contribution in [0.1, 0.15) is 67.5 Å². The molecule has 1 atom stereocenters. The first-order valence-corrected chi connectivity index (χ1v) is 16.9. The van der Waals surface area contributed by atoms with Crippen LogP contribution >= 0.6 is 0 Å². The first-order chi connectivity index (χ1) is 21.2. The summed E-state index contributed by atoms with van der Waals surface area (Å²) in [5.74, 6) is -0.838. The van der Waals surface area contributed by atoms with Crippen LogP contribution in [0.4, 0.5) is 4.39 Å². The number of aromatic nitrogens is 2. The Kier molecular flexibility index (Phi) is 8.51. The fourth-order valence-electron chi connectivity index (χ4n) is 5.93. The standard InChI is InChI=1S/C35H35FN2O5S/c1-3-42-32(39)20-13-23-11-14-24(15-12-23)33(34(25-16-17-25)27-8-4-5-9-30(27)44(2,40)41)26-18-19-29-28(22-26)35(36)37-38(29)31-10-6-7-21-43-31/h4-5,8-9,11-15,18-20,22,25,31H,3,6-7,10,16-17,21H2,1-2H3/b20-13+,34-33+. The minimum atomic E-state index is -3.53. The number of carbonyl (C=O) groups is 1. The van der Waals surface area contributed by atoms with Crippen molar-refractivity contribution in [2.24, 2.45) is 5.92 Å². The van der Waals surface area contributed by atoms with E-state index in [1.165, 1.54) is 12.3 Å². The maximum absolute atomic E-state index is 15.5. The molecule has 1 saturated carbocycles. The maximum atomic E-state index is 15.5. The molecule has 1 aromatic heterocycles. The van der Waals surface area contributed by atoms with Gasteiger partial charge in [0.2, 0.25) is 5.95 Å². The van der Waals surface area contributed by atoms with E-state index in [1.807, 2.05) is 54.6 Å². The molecule has 0 radical (unpaired) electrons. The van der Waals surface area contributed by atoms with Crippen LogP contribution in [0.25, 0.3) is 28.1 Å². The van der Waals surface area contributed by atoms with Gasteiger partial charge < -0.3 is 9.47 Å². The lowest BCUT2D eigenvalue weighted by atomic mass is 9.86. The van der Waals surface area contributed by atoms with Crippen LogP contribution in [0, 0.1) is 11.9 Å². The summed E-state index contributed by atoms with van der Waals surface area (Å²) in [7, 11) is -3.53. The number of allylic oxidation sites excluding steroid dienone is 1. The molecule has 2 fully saturated rings. The smallest absolute Gasteiger partial charge is 0.330 e. The molecule has 6 rings (SSSR count). The second kappa shape index (κ2) is 12.5. The molecule has 44 heavy (non-hydrogen) atoms. The van der Waals surface area contributed by atoms with E-state index in [2.05, 4.69) is 5.10 Å². The van der Waals surface area contributed by atoms with Gasteiger partial charge in [0.25, 0.3) is 0 Å². The van der Waals surface area contributed by atoms with Gasteiger partial charge in [0, 0.05) is 18.9 Å². The molecule has 2 heterocycles. The van der Waals surface area contributed by atoms with Crippen molar-refractivity contribution in [3.63, 3.8) is 0 Å². The predicted molar refractivity (Wildman–Crippen MR) is 169 cm³/mol. The van der Waals surface area contributed by atoms with Crippen molar-refractivity contribution in [2.75, 3.05) is 19.5 Å². The Morgan fingerprint density at radius 1 is 1.05 bits per heavy atom. The third-order valence-electron chi connectivity index (χ3n) is 8.11. The van der Waals surface area contributed by atoms with E-state index in [9.17, 15) is 13.2 Å². The highest BCUT2D eigenvalue weighted by Gasteiger charge is 2.33. The van der Waals surface area contributed by atoms with Gasteiger partial charge in [-0.05, 0) is 103 Å². The Morgan fingerprint density at radius 2 is 1.80 bits per heavy atom. The van der Waals surface area contributed by atoms with Crippen molar-refractivity contribution in [3.05, 3.63) is 101 Å². The third kappa shape index (κ3) is 6.25. The average Bonchev–Trinajstić information content (AvgIpc) is 3.81. The molecule has 3 aromatic carbocycles. The lowest BCUT2D eigenvalue weighted by Crippen LogP contribution is -2.19. The molecule has 1 saturated heterocycles. The molecule has 1 aliphatic heterocycles. The Bertz CT molecular complexity index is 1860. The second-order valence-electron chi connectivity index (χ2n) is 11.3. The Hall–Kier alpha value is -4.08. The Balaban J connectivity index is 1.54. The first kappa shape index (κ1) is 30.0. The van der Waals surface area contributed by atoms with Crippen molar-refractivity contribution in [2.45, 2.75) is 50.2 Å². The van der Waals surface area contributed by atoms with Gasteiger partial charge in [-0.15, -0.1) is 5.10 Å². The maximum Gasteiger partial charge on any atom is 0.330 e. The summed E-state index contributed by atoms with van der Waals surface area (Å²) >= 11 is 0. The molecule has 0 spiro atoms. The zero-order valence-electron chi connectivity index (χ0n) is 24.8. The van der Waals surface area contributed by atoms with Gasteiger partial charge in [-0.1, -0.05) is 48.5 Å². The zero-order valence-corrected chi connectivity index (χ0v) is 25.6. The number of carbonyl (C=O) groups excluding carboxylic acids is 1. The minimum Gasteiger partial charge on any atom is -0.463 e. The Morgan fingerprint density at radius 3 is 2.48 bits per heavy atom. The van der Waals surface area contributed by atoms with Crippen LogP contribution in [-0.2, 0) is 24.1 Å². The topological polar surface area (TPSA) is 87.5 Å². The first-order valence-electron chi connectivity index (χ1n) is 15.0. The summed E-state index contributed by atoms with van der Waals surface area (Å²) in [5.41, 5.74) is 5.50. The molecule has 4 aromatic rings. The van der Waals surface area contributed by atoms with Gasteiger partial charge in [-0.3, -0.25) is 0 Å². The molecule has 7 nitrogen and oxygen atoms in total. The van der Waals surface area contributed by atoms with E-state index < -0.39 is 21.8 Å². The fraction of sp³-hybridized carbons (Fsp3) is 0.314. The van der Waals surface area contributed by atoms with E-state index >= 15 is 4.39 Å². The van der Waals surface area contributed by atoms with Gasteiger partial charge in [0.1, 0.15) is 0 Å². The monoisotopic (exact) mass is 614 g/mol. The van der Waals surface area contributed by atoms with Gasteiger partial charge in [-0.25, -0.2) is 17.9 Å². The lowest BCUT2D eigenvalue weighted by Gasteiger charge is -2.23. The van der Waals surface area contributed by atoms with Gasteiger partial charge >= 0.3 is 5.97 Å². The van der Waals surface area contributed by atoms with Crippen molar-refractivity contribution in [1.29, 1.82) is 0 Å². The van der Waals surface area contributed by atoms with Crippen LogP contribution in [0.2, 0.25) is 0 Å². The number of halogens is 1. The number of sulfone groups is 1. The second-order valence-corrected chi connectivity index (χ2v) is 13.3. The highest BCUT2D eigenvalue weighted by Crippen LogP contribution is 2.49. The van der Waals surface area contributed by atoms with Crippen LogP contribution in [0.3, 0.4) is 0 Å². The average molecular weight is 615 g/mol. The van der Waals surface area contributed by atoms with Crippen LogP contribution in [0.15, 0.2) is 77.7 Å². The molecule has 2 aliphatic rings. The number of nitrogens with zero attached hydrogens (tertiary/aromatic N) is 2. The molecule has 1 unspecified atom stereocenters. The molecule has 0 N–H and O–H groups in total. The molecule has 0 amide bonds. The fourth-order valence-corrected chi connectivity index (χ4v) is 6.83. The summed E-state index contributed by atoms with van der Waals surface area (Å²) in [5, 5.41) is 4.61. The lowest BCUT2D eigenvalue weighted by molar-refractivity contribution is -0.137.